The van der Waals surface area contributed by atoms with Gasteiger partial charge in [-0.05, 0) is 31.2 Å². The number of H-pyrrole nitrogens is 1. The summed E-state index contributed by atoms with van der Waals surface area (Å²) in [6.45, 7) is 0. The van der Waals surface area contributed by atoms with E-state index in [-0.39, 0.29) is 5.56 Å². The topological polar surface area (TPSA) is 87.4 Å². The Labute approximate surface area is 145 Å². The molecule has 0 spiro atoms. The molecule has 1 fully saturated rings. The highest BCUT2D eigenvalue weighted by atomic mass is 32.2. The SMILES string of the molecule is CSC(N)=Nc1cc2[nH]c(=O)cnc2cc1N(C)C1CCCCC1. The average molecular weight is 345 g/mol. The average Bonchev–Trinajstić information content (AvgIpc) is 2.61. The monoisotopic (exact) mass is 345 g/mol. The van der Waals surface area contributed by atoms with Crippen molar-refractivity contribution in [2.24, 2.45) is 10.7 Å². The van der Waals surface area contributed by atoms with E-state index in [1.807, 2.05) is 18.4 Å². The third-order valence-electron chi connectivity index (χ3n) is 4.61. The largest absolute Gasteiger partial charge is 0.378 e. The Kier molecular flexibility index (Phi) is 5.08. The normalized spacial score (nSPS) is 16.5. The number of fused-ring (bicyclic) bond motifs is 1. The number of benzene rings is 1. The van der Waals surface area contributed by atoms with E-state index in [0.717, 1.165) is 16.9 Å². The molecule has 24 heavy (non-hydrogen) atoms. The molecule has 6 nitrogen and oxygen atoms in total. The second-order valence-corrected chi connectivity index (χ2v) is 6.99. The molecule has 3 N–H and O–H groups in total. The molecule has 3 rings (SSSR count). The lowest BCUT2D eigenvalue weighted by molar-refractivity contribution is 0.428. The Morgan fingerprint density at radius 1 is 1.38 bits per heavy atom. The van der Waals surface area contributed by atoms with Crippen LogP contribution < -0.4 is 16.2 Å². The van der Waals surface area contributed by atoms with Crippen LogP contribution in [0.5, 0.6) is 0 Å². The number of aliphatic imine (C=N–C) groups is 1. The van der Waals surface area contributed by atoms with Crippen molar-refractivity contribution in [3.8, 4) is 0 Å². The van der Waals surface area contributed by atoms with Crippen molar-refractivity contribution in [1.82, 2.24) is 9.97 Å². The lowest BCUT2D eigenvalue weighted by Gasteiger charge is -2.33. The van der Waals surface area contributed by atoms with Crippen molar-refractivity contribution in [1.29, 1.82) is 0 Å². The first-order chi connectivity index (χ1) is 11.6. The lowest BCUT2D eigenvalue weighted by atomic mass is 9.94. The van der Waals surface area contributed by atoms with Gasteiger partial charge in [0.05, 0.1) is 28.6 Å². The van der Waals surface area contributed by atoms with E-state index in [0.29, 0.717) is 16.7 Å². The van der Waals surface area contributed by atoms with Gasteiger partial charge in [0.2, 0.25) is 0 Å². The Morgan fingerprint density at radius 3 is 2.83 bits per heavy atom. The Morgan fingerprint density at radius 2 is 2.12 bits per heavy atom. The third kappa shape index (κ3) is 3.56. The van der Waals surface area contributed by atoms with Crippen molar-refractivity contribution < 1.29 is 0 Å². The van der Waals surface area contributed by atoms with Gasteiger partial charge in [0, 0.05) is 13.1 Å². The molecule has 1 aliphatic rings. The number of rotatable bonds is 3. The molecule has 1 saturated carbocycles. The molecule has 128 valence electrons. The van der Waals surface area contributed by atoms with Gasteiger partial charge >= 0.3 is 0 Å². The number of nitrogens with two attached hydrogens (primary N) is 1. The summed E-state index contributed by atoms with van der Waals surface area (Å²) in [5.41, 5.74) is 8.92. The molecule has 0 saturated heterocycles. The van der Waals surface area contributed by atoms with Gasteiger partial charge in [0.15, 0.2) is 5.17 Å². The molecule has 7 heteroatoms. The van der Waals surface area contributed by atoms with Crippen LogP contribution in [0.25, 0.3) is 11.0 Å². The van der Waals surface area contributed by atoms with Crippen molar-refractivity contribution in [3.63, 3.8) is 0 Å². The van der Waals surface area contributed by atoms with Gasteiger partial charge in [0.25, 0.3) is 5.56 Å². The van der Waals surface area contributed by atoms with Gasteiger partial charge < -0.3 is 15.6 Å². The summed E-state index contributed by atoms with van der Waals surface area (Å²) in [5.74, 6) is 0. The van der Waals surface area contributed by atoms with Gasteiger partial charge in [0.1, 0.15) is 0 Å². The molecule has 0 radical (unpaired) electrons. The number of aromatic nitrogens is 2. The zero-order chi connectivity index (χ0) is 17.1. The van der Waals surface area contributed by atoms with Gasteiger partial charge in [-0.15, -0.1) is 0 Å². The minimum atomic E-state index is -0.219. The van der Waals surface area contributed by atoms with Crippen LogP contribution in [-0.2, 0) is 0 Å². The standard InChI is InChI=1S/C17H23N5OS/c1-22(11-6-4-3-5-7-11)15-9-12-13(20-16(23)10-19-12)8-14(15)21-17(18)24-2/h8-11H,3-7H2,1-2H3,(H2,18,21)(H,20,23). The fourth-order valence-electron chi connectivity index (χ4n) is 3.27. The number of nitrogens with zero attached hydrogens (tertiary/aromatic N) is 3. The predicted molar refractivity (Wildman–Crippen MR) is 102 cm³/mol. The molecule has 1 aromatic carbocycles. The first kappa shape index (κ1) is 16.8. The minimum Gasteiger partial charge on any atom is -0.378 e. The van der Waals surface area contributed by atoms with Crippen LogP contribution in [0.1, 0.15) is 32.1 Å². The van der Waals surface area contributed by atoms with E-state index < -0.39 is 0 Å². The number of aromatic amines is 1. The van der Waals surface area contributed by atoms with Gasteiger partial charge in [-0.2, -0.15) is 0 Å². The summed E-state index contributed by atoms with van der Waals surface area (Å²) >= 11 is 1.41. The number of thioether (sulfide) groups is 1. The fraction of sp³-hybridized carbons (Fsp3) is 0.471. The number of hydrogen-bond donors (Lipinski definition) is 2. The summed E-state index contributed by atoms with van der Waals surface area (Å²) in [6.07, 6.45) is 9.43. The van der Waals surface area contributed by atoms with Crippen molar-refractivity contribution in [3.05, 3.63) is 28.7 Å². The highest BCUT2D eigenvalue weighted by Crippen LogP contribution is 2.35. The third-order valence-corrected chi connectivity index (χ3v) is 5.12. The molecule has 1 aromatic heterocycles. The Bertz CT molecular complexity index is 810. The highest BCUT2D eigenvalue weighted by Gasteiger charge is 2.21. The van der Waals surface area contributed by atoms with E-state index in [1.54, 1.807) is 0 Å². The molecule has 1 aliphatic carbocycles. The van der Waals surface area contributed by atoms with Gasteiger partial charge in [-0.3, -0.25) is 4.79 Å². The Hall–Kier alpha value is -2.02. The first-order valence-corrected chi connectivity index (χ1v) is 9.45. The van der Waals surface area contributed by atoms with E-state index in [1.165, 1.54) is 50.1 Å². The maximum atomic E-state index is 11.5. The molecule has 0 amide bonds. The molecule has 0 atom stereocenters. The molecular weight excluding hydrogens is 322 g/mol. The lowest BCUT2D eigenvalue weighted by Crippen LogP contribution is -2.33. The zero-order valence-corrected chi connectivity index (χ0v) is 14.9. The van der Waals surface area contributed by atoms with Crippen molar-refractivity contribution in [2.75, 3.05) is 18.2 Å². The second-order valence-electron chi connectivity index (χ2n) is 6.16. The van der Waals surface area contributed by atoms with Crippen molar-refractivity contribution >= 4 is 39.3 Å². The van der Waals surface area contributed by atoms with E-state index in [2.05, 4.69) is 26.9 Å². The van der Waals surface area contributed by atoms with Crippen LogP contribution >= 0.6 is 11.8 Å². The van der Waals surface area contributed by atoms with Gasteiger partial charge in [-0.1, -0.05) is 31.0 Å². The van der Waals surface area contributed by atoms with Crippen LogP contribution in [0.4, 0.5) is 11.4 Å². The molecular formula is C17H23N5OS. The molecule has 1 heterocycles. The summed E-state index contributed by atoms with van der Waals surface area (Å²) in [7, 11) is 2.11. The summed E-state index contributed by atoms with van der Waals surface area (Å²) in [4.78, 5) is 25.4. The van der Waals surface area contributed by atoms with Crippen LogP contribution in [-0.4, -0.2) is 34.5 Å². The highest BCUT2D eigenvalue weighted by molar-refractivity contribution is 8.13. The number of anilines is 1. The summed E-state index contributed by atoms with van der Waals surface area (Å²) in [6, 6.07) is 4.36. The van der Waals surface area contributed by atoms with Crippen LogP contribution in [0.3, 0.4) is 0 Å². The minimum absolute atomic E-state index is 0.219. The van der Waals surface area contributed by atoms with E-state index in [9.17, 15) is 4.79 Å². The van der Waals surface area contributed by atoms with Crippen molar-refractivity contribution in [2.45, 2.75) is 38.1 Å². The molecule has 0 aliphatic heterocycles. The maximum Gasteiger partial charge on any atom is 0.266 e. The fourth-order valence-corrected chi connectivity index (χ4v) is 3.46. The first-order valence-electron chi connectivity index (χ1n) is 8.22. The van der Waals surface area contributed by atoms with Gasteiger partial charge in [-0.25, -0.2) is 9.98 Å². The van der Waals surface area contributed by atoms with E-state index in [4.69, 9.17) is 5.73 Å². The number of amidine groups is 1. The quantitative estimate of drug-likeness (QED) is 0.659. The van der Waals surface area contributed by atoms with Crippen LogP contribution in [0, 0.1) is 0 Å². The maximum absolute atomic E-state index is 11.5. The molecule has 2 aromatic rings. The molecule has 0 unspecified atom stereocenters. The van der Waals surface area contributed by atoms with Crippen LogP contribution in [0.15, 0.2) is 28.1 Å². The number of hydrogen-bond acceptors (Lipinski definition) is 5. The molecule has 0 bridgehead atoms. The van der Waals surface area contributed by atoms with E-state index >= 15 is 0 Å². The Balaban J connectivity index is 2.10. The second kappa shape index (κ2) is 7.25. The van der Waals surface area contributed by atoms with Crippen LogP contribution in [0.2, 0.25) is 0 Å². The smallest absolute Gasteiger partial charge is 0.266 e. The summed E-state index contributed by atoms with van der Waals surface area (Å²) in [5, 5.41) is 0.499. The summed E-state index contributed by atoms with van der Waals surface area (Å²) < 4.78 is 0. The number of nitrogens with one attached hydrogen (secondary N) is 1. The zero-order valence-electron chi connectivity index (χ0n) is 14.1. The predicted octanol–water partition coefficient (Wildman–Crippen LogP) is 3.00.